The van der Waals surface area contributed by atoms with Crippen LogP contribution in [-0.4, -0.2) is 15.7 Å². The summed E-state index contributed by atoms with van der Waals surface area (Å²) in [7, 11) is 0. The average molecular weight is 375 g/mol. The highest BCUT2D eigenvalue weighted by molar-refractivity contribution is 5.84. The van der Waals surface area contributed by atoms with Gasteiger partial charge in [0.2, 0.25) is 5.91 Å². The van der Waals surface area contributed by atoms with Crippen molar-refractivity contribution < 1.29 is 9.21 Å². The molecule has 0 saturated carbocycles. The second-order valence-corrected chi connectivity index (χ2v) is 6.97. The zero-order valence-electron chi connectivity index (χ0n) is 16.0. The number of nitrogens with zero attached hydrogens (tertiary/aromatic N) is 2. The number of furan rings is 1. The van der Waals surface area contributed by atoms with Gasteiger partial charge in [0.05, 0.1) is 17.1 Å². The molecule has 0 aliphatic carbocycles. The number of aryl methyl sites for hydroxylation is 2. The molecule has 1 N–H and O–H groups in total. The summed E-state index contributed by atoms with van der Waals surface area (Å²) in [5.74, 6) is 0.418. The van der Waals surface area contributed by atoms with Crippen LogP contribution < -0.4 is 10.9 Å². The quantitative estimate of drug-likeness (QED) is 0.591. The minimum atomic E-state index is -0.322. The fourth-order valence-electron chi connectivity index (χ4n) is 3.61. The molecule has 0 aliphatic heterocycles. The molecule has 2 heterocycles. The summed E-state index contributed by atoms with van der Waals surface area (Å²) in [5.41, 5.74) is 2.23. The Balaban J connectivity index is 1.57. The molecule has 28 heavy (non-hydrogen) atoms. The molecule has 1 amide bonds. The van der Waals surface area contributed by atoms with Gasteiger partial charge in [0, 0.05) is 16.3 Å². The first-order valence-corrected chi connectivity index (χ1v) is 9.19. The Kier molecular flexibility index (Phi) is 4.47. The monoisotopic (exact) mass is 375 g/mol. The van der Waals surface area contributed by atoms with Crippen molar-refractivity contribution in [1.29, 1.82) is 0 Å². The first-order chi connectivity index (χ1) is 13.5. The number of carbonyl (C=O) groups excluding carboxylic acids is 1. The lowest BCUT2D eigenvalue weighted by molar-refractivity contribution is -0.122. The van der Waals surface area contributed by atoms with Gasteiger partial charge in [-0.1, -0.05) is 36.4 Å². The van der Waals surface area contributed by atoms with Crippen LogP contribution in [0.5, 0.6) is 0 Å². The zero-order chi connectivity index (χ0) is 19.8. The van der Waals surface area contributed by atoms with E-state index in [2.05, 4.69) is 10.4 Å². The molecule has 0 saturated heterocycles. The van der Waals surface area contributed by atoms with Crippen molar-refractivity contribution in [3.8, 4) is 0 Å². The van der Waals surface area contributed by atoms with Crippen molar-refractivity contribution in [1.82, 2.24) is 15.1 Å². The van der Waals surface area contributed by atoms with Gasteiger partial charge in [-0.15, -0.1) is 0 Å². The number of fused-ring (bicyclic) bond motifs is 2. The first kappa shape index (κ1) is 18.0. The van der Waals surface area contributed by atoms with Gasteiger partial charge in [-0.2, -0.15) is 5.10 Å². The minimum absolute atomic E-state index is 0.145. The fourth-order valence-corrected chi connectivity index (χ4v) is 3.61. The molecule has 0 fully saturated rings. The molecule has 0 aliphatic rings. The van der Waals surface area contributed by atoms with Crippen LogP contribution in [0.25, 0.3) is 21.7 Å². The number of amides is 1. The van der Waals surface area contributed by atoms with E-state index in [1.807, 2.05) is 57.2 Å². The molecule has 0 radical (unpaired) electrons. The van der Waals surface area contributed by atoms with Crippen LogP contribution >= 0.6 is 0 Å². The van der Waals surface area contributed by atoms with Crippen LogP contribution in [0.3, 0.4) is 0 Å². The summed E-state index contributed by atoms with van der Waals surface area (Å²) in [4.78, 5) is 25.2. The smallest absolute Gasteiger partial charge is 0.275 e. The highest BCUT2D eigenvalue weighted by atomic mass is 16.3. The van der Waals surface area contributed by atoms with Gasteiger partial charge in [0.25, 0.3) is 5.56 Å². The number of aromatic nitrogens is 2. The summed E-state index contributed by atoms with van der Waals surface area (Å²) in [5, 5.41) is 9.59. The van der Waals surface area contributed by atoms with Crippen LogP contribution in [0.1, 0.15) is 30.0 Å². The van der Waals surface area contributed by atoms with Crippen LogP contribution in [0.2, 0.25) is 0 Å². The van der Waals surface area contributed by atoms with E-state index in [9.17, 15) is 9.59 Å². The molecular formula is C22H21N3O3. The van der Waals surface area contributed by atoms with Crippen molar-refractivity contribution in [3.63, 3.8) is 0 Å². The standard InChI is InChI=1S/C22H21N3O3/c1-13-16-8-6-7-11-19(16)28-21(13)15(3)23-20(26)12-25-22(27)18-10-5-4-9-17(18)14(2)24-25/h4-11,15H,12H2,1-3H3,(H,23,26)/t15-/m1/s1. The van der Waals surface area contributed by atoms with Gasteiger partial charge in [-0.05, 0) is 32.9 Å². The minimum Gasteiger partial charge on any atom is -0.459 e. The number of para-hydroxylation sites is 1. The predicted octanol–water partition coefficient (Wildman–Crippen LogP) is 3.64. The SMILES string of the molecule is Cc1c([C@@H](C)NC(=O)Cn2nc(C)c3ccccc3c2=O)oc2ccccc12. The van der Waals surface area contributed by atoms with Crippen LogP contribution in [0.4, 0.5) is 0 Å². The highest BCUT2D eigenvalue weighted by Crippen LogP contribution is 2.29. The maximum Gasteiger partial charge on any atom is 0.275 e. The van der Waals surface area contributed by atoms with Gasteiger partial charge in [0.15, 0.2) is 0 Å². The van der Waals surface area contributed by atoms with E-state index in [0.717, 1.165) is 21.9 Å². The van der Waals surface area contributed by atoms with Crippen molar-refractivity contribution >= 4 is 27.6 Å². The average Bonchev–Trinajstić information content (AvgIpc) is 3.03. The number of hydrogen-bond donors (Lipinski definition) is 1. The number of hydrogen-bond acceptors (Lipinski definition) is 4. The topological polar surface area (TPSA) is 77.1 Å². The highest BCUT2D eigenvalue weighted by Gasteiger charge is 2.19. The van der Waals surface area contributed by atoms with E-state index in [0.29, 0.717) is 16.8 Å². The van der Waals surface area contributed by atoms with Gasteiger partial charge >= 0.3 is 0 Å². The predicted molar refractivity (Wildman–Crippen MR) is 108 cm³/mol. The maximum atomic E-state index is 12.6. The lowest BCUT2D eigenvalue weighted by atomic mass is 10.1. The summed E-state index contributed by atoms with van der Waals surface area (Å²) >= 11 is 0. The Morgan fingerprint density at radius 2 is 1.71 bits per heavy atom. The van der Waals surface area contributed by atoms with Gasteiger partial charge in [0.1, 0.15) is 17.9 Å². The van der Waals surface area contributed by atoms with Crippen molar-refractivity contribution in [3.05, 3.63) is 75.9 Å². The molecule has 4 rings (SSSR count). The normalized spacial score (nSPS) is 12.4. The lowest BCUT2D eigenvalue weighted by Crippen LogP contribution is -2.35. The second-order valence-electron chi connectivity index (χ2n) is 6.97. The first-order valence-electron chi connectivity index (χ1n) is 9.19. The number of rotatable bonds is 4. The molecule has 2 aromatic carbocycles. The third-order valence-electron chi connectivity index (χ3n) is 5.00. The van der Waals surface area contributed by atoms with Crippen molar-refractivity contribution in [2.75, 3.05) is 0 Å². The van der Waals surface area contributed by atoms with E-state index in [1.165, 1.54) is 4.68 Å². The van der Waals surface area contributed by atoms with E-state index >= 15 is 0 Å². The third kappa shape index (κ3) is 3.07. The van der Waals surface area contributed by atoms with Crippen LogP contribution in [0.15, 0.2) is 57.7 Å². The molecule has 6 heteroatoms. The Bertz CT molecular complexity index is 1250. The fraction of sp³-hybridized carbons (Fsp3) is 0.227. The van der Waals surface area contributed by atoms with E-state index in [1.54, 1.807) is 12.1 Å². The number of carbonyl (C=O) groups is 1. The molecule has 6 nitrogen and oxygen atoms in total. The molecule has 1 atom stereocenters. The molecule has 4 aromatic rings. The molecular weight excluding hydrogens is 354 g/mol. The van der Waals surface area contributed by atoms with Crippen LogP contribution in [0, 0.1) is 13.8 Å². The molecule has 2 aromatic heterocycles. The van der Waals surface area contributed by atoms with Crippen molar-refractivity contribution in [2.45, 2.75) is 33.4 Å². The second kappa shape index (κ2) is 6.96. The molecule has 0 spiro atoms. The Hall–Kier alpha value is -3.41. The third-order valence-corrected chi connectivity index (χ3v) is 5.00. The van der Waals surface area contributed by atoms with E-state index in [-0.39, 0.29) is 24.1 Å². The Labute approximate surface area is 161 Å². The Morgan fingerprint density at radius 1 is 1.07 bits per heavy atom. The summed E-state index contributed by atoms with van der Waals surface area (Å²) in [6.45, 7) is 5.53. The molecule has 142 valence electrons. The molecule has 0 unspecified atom stereocenters. The lowest BCUT2D eigenvalue weighted by Gasteiger charge is -2.14. The van der Waals surface area contributed by atoms with Crippen LogP contribution in [-0.2, 0) is 11.3 Å². The van der Waals surface area contributed by atoms with E-state index in [4.69, 9.17) is 4.42 Å². The number of nitrogens with one attached hydrogen (secondary N) is 1. The largest absolute Gasteiger partial charge is 0.459 e. The van der Waals surface area contributed by atoms with Gasteiger partial charge < -0.3 is 9.73 Å². The summed E-state index contributed by atoms with van der Waals surface area (Å²) < 4.78 is 7.13. The summed E-state index contributed by atoms with van der Waals surface area (Å²) in [6.07, 6.45) is 0. The summed E-state index contributed by atoms with van der Waals surface area (Å²) in [6, 6.07) is 14.7. The van der Waals surface area contributed by atoms with Crippen molar-refractivity contribution in [2.24, 2.45) is 0 Å². The zero-order valence-corrected chi connectivity index (χ0v) is 16.0. The van der Waals surface area contributed by atoms with Gasteiger partial charge in [-0.25, -0.2) is 4.68 Å². The Morgan fingerprint density at radius 3 is 2.43 bits per heavy atom. The molecule has 0 bridgehead atoms. The number of benzene rings is 2. The maximum absolute atomic E-state index is 12.6. The van der Waals surface area contributed by atoms with E-state index < -0.39 is 0 Å². The van der Waals surface area contributed by atoms with Gasteiger partial charge in [-0.3, -0.25) is 9.59 Å².